The standard InChI is InChI=1S/C37H41N5O6/c1-26-34(24-40-19-21-41(22-20-40)32-15-17-33(18-16-32)42(45)46)47-36(48-35(26)29-9-7-28(25-43)8-10-29)30-11-13-31(14-12-30)39-37(44)38-23-27-5-3-2-4-6-27/h2-18,26,34-36,43H,19-25H2,1H3,(H2,38,39,44). The average Bonchev–Trinajstić information content (AvgIpc) is 3.13. The van der Waals surface area contributed by atoms with Gasteiger partial charge in [0.05, 0.1) is 23.7 Å². The molecule has 6 rings (SSSR count). The quantitative estimate of drug-likeness (QED) is 0.140. The summed E-state index contributed by atoms with van der Waals surface area (Å²) in [6.07, 6.45) is -0.973. The van der Waals surface area contributed by atoms with Gasteiger partial charge in [0, 0.05) is 74.3 Å². The average molecular weight is 652 g/mol. The predicted molar refractivity (Wildman–Crippen MR) is 183 cm³/mol. The molecule has 11 nitrogen and oxygen atoms in total. The fourth-order valence-corrected chi connectivity index (χ4v) is 6.23. The van der Waals surface area contributed by atoms with Crippen LogP contribution in [0.3, 0.4) is 0 Å². The van der Waals surface area contributed by atoms with Gasteiger partial charge in [-0.3, -0.25) is 15.0 Å². The van der Waals surface area contributed by atoms with Crippen LogP contribution in [0.15, 0.2) is 103 Å². The maximum Gasteiger partial charge on any atom is 0.319 e. The second-order valence-corrected chi connectivity index (χ2v) is 12.3. The first-order valence-corrected chi connectivity index (χ1v) is 16.3. The molecule has 2 saturated heterocycles. The van der Waals surface area contributed by atoms with Gasteiger partial charge >= 0.3 is 6.03 Å². The SMILES string of the molecule is CC1C(CN2CCN(c3ccc([N+](=O)[O-])cc3)CC2)OC(c2ccc(NC(=O)NCc3ccccc3)cc2)OC1c1ccc(CO)cc1. The number of hydrogen-bond donors (Lipinski definition) is 3. The summed E-state index contributed by atoms with van der Waals surface area (Å²) < 4.78 is 13.3. The van der Waals surface area contributed by atoms with Gasteiger partial charge in [0.1, 0.15) is 0 Å². The molecule has 4 atom stereocenters. The molecule has 0 spiro atoms. The van der Waals surface area contributed by atoms with Gasteiger partial charge in [-0.05, 0) is 41.0 Å². The van der Waals surface area contributed by atoms with Gasteiger partial charge in [0.2, 0.25) is 0 Å². The molecule has 48 heavy (non-hydrogen) atoms. The molecule has 0 radical (unpaired) electrons. The number of non-ortho nitro benzene ring substituents is 1. The smallest absolute Gasteiger partial charge is 0.319 e. The zero-order chi connectivity index (χ0) is 33.5. The van der Waals surface area contributed by atoms with Gasteiger partial charge in [-0.25, -0.2) is 4.79 Å². The summed E-state index contributed by atoms with van der Waals surface area (Å²) in [4.78, 5) is 27.8. The van der Waals surface area contributed by atoms with Crippen molar-refractivity contribution in [3.05, 3.63) is 135 Å². The van der Waals surface area contributed by atoms with Gasteiger partial charge in [-0.15, -0.1) is 0 Å². The number of aliphatic hydroxyl groups excluding tert-OH is 1. The molecule has 2 amide bonds. The molecule has 2 aliphatic heterocycles. The third kappa shape index (κ3) is 8.18. The van der Waals surface area contributed by atoms with Crippen LogP contribution in [0.2, 0.25) is 0 Å². The summed E-state index contributed by atoms with van der Waals surface area (Å²) in [5.74, 6) is 0.0446. The number of nitrogens with one attached hydrogen (secondary N) is 2. The first kappa shape index (κ1) is 33.1. The van der Waals surface area contributed by atoms with Crippen molar-refractivity contribution in [2.75, 3.05) is 42.9 Å². The van der Waals surface area contributed by atoms with E-state index in [9.17, 15) is 20.0 Å². The van der Waals surface area contributed by atoms with Crippen LogP contribution in [0, 0.1) is 16.0 Å². The number of benzene rings is 4. The van der Waals surface area contributed by atoms with Gasteiger partial charge < -0.3 is 30.1 Å². The number of nitrogens with zero attached hydrogens (tertiary/aromatic N) is 3. The molecule has 3 N–H and O–H groups in total. The van der Waals surface area contributed by atoms with Crippen molar-refractivity contribution in [2.45, 2.75) is 38.6 Å². The lowest BCUT2D eigenvalue weighted by atomic mass is 9.90. The number of amides is 2. The maximum absolute atomic E-state index is 12.5. The van der Waals surface area contributed by atoms with E-state index >= 15 is 0 Å². The highest BCUT2D eigenvalue weighted by atomic mass is 16.7. The van der Waals surface area contributed by atoms with Crippen LogP contribution < -0.4 is 15.5 Å². The topological polar surface area (TPSA) is 129 Å². The Bertz CT molecular complexity index is 1640. The highest BCUT2D eigenvalue weighted by Gasteiger charge is 2.39. The molecule has 2 aliphatic rings. The van der Waals surface area contributed by atoms with Crippen LogP contribution in [0.1, 0.15) is 41.6 Å². The Hall–Kier alpha value is -4.81. The lowest BCUT2D eigenvalue weighted by Crippen LogP contribution is -2.51. The minimum atomic E-state index is -0.615. The van der Waals surface area contributed by atoms with Gasteiger partial charge in [0.25, 0.3) is 5.69 Å². The summed E-state index contributed by atoms with van der Waals surface area (Å²) in [5, 5.41) is 26.4. The van der Waals surface area contributed by atoms with E-state index in [0.29, 0.717) is 12.2 Å². The van der Waals surface area contributed by atoms with Crippen molar-refractivity contribution < 1.29 is 24.3 Å². The summed E-state index contributed by atoms with van der Waals surface area (Å²) in [6.45, 7) is 6.56. The van der Waals surface area contributed by atoms with Gasteiger partial charge in [-0.1, -0.05) is 73.7 Å². The normalized spacial score (nSPS) is 21.4. The lowest BCUT2D eigenvalue weighted by Gasteiger charge is -2.44. The first-order valence-electron chi connectivity index (χ1n) is 16.3. The Morgan fingerprint density at radius 1 is 0.854 bits per heavy atom. The highest BCUT2D eigenvalue weighted by Crippen LogP contribution is 2.42. The second-order valence-electron chi connectivity index (χ2n) is 12.3. The molecule has 11 heteroatoms. The molecule has 0 saturated carbocycles. The molecule has 0 bridgehead atoms. The van der Waals surface area contributed by atoms with E-state index in [1.54, 1.807) is 12.1 Å². The van der Waals surface area contributed by atoms with Crippen LogP contribution in [-0.4, -0.2) is 59.8 Å². The van der Waals surface area contributed by atoms with Crippen LogP contribution in [0.4, 0.5) is 21.9 Å². The Kier molecular flexibility index (Phi) is 10.6. The van der Waals surface area contributed by atoms with E-state index in [4.69, 9.17) is 9.47 Å². The number of rotatable bonds is 10. The maximum atomic E-state index is 12.5. The van der Waals surface area contributed by atoms with Crippen molar-refractivity contribution in [3.8, 4) is 0 Å². The number of aliphatic hydroxyl groups is 1. The molecule has 0 aliphatic carbocycles. The number of hydrogen-bond acceptors (Lipinski definition) is 8. The highest BCUT2D eigenvalue weighted by molar-refractivity contribution is 5.89. The number of piperazine rings is 1. The molecule has 250 valence electrons. The third-order valence-corrected chi connectivity index (χ3v) is 9.10. The van der Waals surface area contributed by atoms with E-state index in [-0.39, 0.29) is 41.4 Å². The van der Waals surface area contributed by atoms with Crippen LogP contribution in [0.5, 0.6) is 0 Å². The van der Waals surface area contributed by atoms with Crippen molar-refractivity contribution in [2.24, 2.45) is 5.92 Å². The number of nitro groups is 1. The number of urea groups is 1. The van der Waals surface area contributed by atoms with Crippen molar-refractivity contribution in [1.29, 1.82) is 0 Å². The third-order valence-electron chi connectivity index (χ3n) is 9.10. The molecule has 2 heterocycles. The van der Waals surface area contributed by atoms with Crippen molar-refractivity contribution >= 4 is 23.1 Å². The molecular formula is C37H41N5O6. The van der Waals surface area contributed by atoms with E-state index in [2.05, 4.69) is 27.4 Å². The van der Waals surface area contributed by atoms with E-state index < -0.39 is 6.29 Å². The molecule has 0 aromatic heterocycles. The number of carbonyl (C=O) groups is 1. The van der Waals surface area contributed by atoms with E-state index in [0.717, 1.165) is 60.7 Å². The Balaban J connectivity index is 1.11. The number of anilines is 2. The fraction of sp³-hybridized carbons (Fsp3) is 0.324. The fourth-order valence-electron chi connectivity index (χ4n) is 6.23. The molecular weight excluding hydrogens is 610 g/mol. The van der Waals surface area contributed by atoms with Crippen molar-refractivity contribution in [1.82, 2.24) is 10.2 Å². The Morgan fingerprint density at radius 3 is 2.17 bits per heavy atom. The summed E-state index contributed by atoms with van der Waals surface area (Å²) in [7, 11) is 0. The summed E-state index contributed by atoms with van der Waals surface area (Å²) >= 11 is 0. The van der Waals surface area contributed by atoms with Crippen molar-refractivity contribution in [3.63, 3.8) is 0 Å². The first-order chi connectivity index (χ1) is 23.4. The minimum Gasteiger partial charge on any atom is -0.392 e. The largest absolute Gasteiger partial charge is 0.392 e. The zero-order valence-corrected chi connectivity index (χ0v) is 26.9. The van der Waals surface area contributed by atoms with Gasteiger partial charge in [0.15, 0.2) is 6.29 Å². The summed E-state index contributed by atoms with van der Waals surface area (Å²) in [5.41, 5.74) is 5.46. The molecule has 4 aromatic carbocycles. The lowest BCUT2D eigenvalue weighted by molar-refractivity contribution is -0.384. The van der Waals surface area contributed by atoms with Crippen LogP contribution >= 0.6 is 0 Å². The van der Waals surface area contributed by atoms with Gasteiger partial charge in [-0.2, -0.15) is 0 Å². The minimum absolute atomic E-state index is 0.0216. The predicted octanol–water partition coefficient (Wildman–Crippen LogP) is 6.02. The van der Waals surface area contributed by atoms with Crippen LogP contribution in [0.25, 0.3) is 0 Å². The second kappa shape index (κ2) is 15.4. The number of carbonyl (C=O) groups excluding carboxylic acids is 1. The monoisotopic (exact) mass is 651 g/mol. The summed E-state index contributed by atoms with van der Waals surface area (Å²) in [6, 6.07) is 31.6. The van der Waals surface area contributed by atoms with E-state index in [1.165, 1.54) is 0 Å². The zero-order valence-electron chi connectivity index (χ0n) is 26.9. The Labute approximate surface area is 280 Å². The van der Waals surface area contributed by atoms with Crippen LogP contribution in [-0.2, 0) is 22.6 Å². The number of nitro benzene ring substituents is 1. The Morgan fingerprint density at radius 2 is 1.52 bits per heavy atom. The molecule has 2 fully saturated rings. The molecule has 4 aromatic rings. The van der Waals surface area contributed by atoms with E-state index in [1.807, 2.05) is 91.0 Å². The number of ether oxygens (including phenoxy) is 2. The molecule has 4 unspecified atom stereocenters.